The molecule has 1 aliphatic rings. The lowest BCUT2D eigenvalue weighted by atomic mass is 10.1. The van der Waals surface area contributed by atoms with E-state index in [0.29, 0.717) is 22.6 Å². The number of nitrogens with zero attached hydrogens (tertiary/aromatic N) is 4. The first-order valence-corrected chi connectivity index (χ1v) is 9.90. The molecule has 3 aromatic rings. The third-order valence-corrected chi connectivity index (χ3v) is 5.48. The van der Waals surface area contributed by atoms with Crippen molar-refractivity contribution >= 4 is 22.8 Å². The van der Waals surface area contributed by atoms with Crippen LogP contribution in [-0.2, 0) is 13.0 Å². The highest BCUT2D eigenvalue weighted by molar-refractivity contribution is 6.12. The second kappa shape index (κ2) is 7.73. The minimum Gasteiger partial charge on any atom is -0.493 e. The Morgan fingerprint density at radius 2 is 1.86 bits per heavy atom. The number of benzene rings is 1. The average Bonchev–Trinajstić information content (AvgIpc) is 2.92. The number of ether oxygens (including phenoxy) is 2. The SMILES string of the molecule is COc1ccc(N(C)C(=O)c2cc(C)nc3c2nc2n3CCCCC2)cc1OC. The fourth-order valence-electron chi connectivity index (χ4n) is 3.91. The number of anilines is 1. The Morgan fingerprint density at radius 1 is 1.07 bits per heavy atom. The van der Waals surface area contributed by atoms with E-state index in [1.807, 2.05) is 19.1 Å². The lowest BCUT2D eigenvalue weighted by molar-refractivity contribution is 0.0994. The van der Waals surface area contributed by atoms with Gasteiger partial charge >= 0.3 is 0 Å². The van der Waals surface area contributed by atoms with E-state index in [1.54, 1.807) is 38.3 Å². The highest BCUT2D eigenvalue weighted by Crippen LogP contribution is 2.32. The molecule has 0 N–H and O–H groups in total. The summed E-state index contributed by atoms with van der Waals surface area (Å²) in [5.41, 5.74) is 3.60. The second-order valence-corrected chi connectivity index (χ2v) is 7.38. The summed E-state index contributed by atoms with van der Waals surface area (Å²) in [6.45, 7) is 2.82. The molecule has 29 heavy (non-hydrogen) atoms. The maximum Gasteiger partial charge on any atom is 0.260 e. The zero-order valence-electron chi connectivity index (χ0n) is 17.4. The van der Waals surface area contributed by atoms with E-state index in [2.05, 4.69) is 4.57 Å². The molecule has 7 nitrogen and oxygen atoms in total. The standard InChI is InChI=1S/C22H26N4O3/c1-14-12-16(20-21(23-14)26-11-7-5-6-8-19(26)24-20)22(27)25(2)15-9-10-17(28-3)18(13-15)29-4/h9-10,12-13H,5-8,11H2,1-4H3. The van der Waals surface area contributed by atoms with Gasteiger partial charge in [0.15, 0.2) is 17.1 Å². The molecule has 0 bridgehead atoms. The van der Waals surface area contributed by atoms with Gasteiger partial charge in [-0.25, -0.2) is 9.97 Å². The molecular weight excluding hydrogens is 368 g/mol. The van der Waals surface area contributed by atoms with Crippen molar-refractivity contribution < 1.29 is 14.3 Å². The Labute approximate surface area is 170 Å². The highest BCUT2D eigenvalue weighted by atomic mass is 16.5. The first kappa shape index (κ1) is 19.2. The number of hydrogen-bond donors (Lipinski definition) is 0. The third-order valence-electron chi connectivity index (χ3n) is 5.48. The van der Waals surface area contributed by atoms with Gasteiger partial charge in [-0.1, -0.05) is 6.42 Å². The van der Waals surface area contributed by atoms with Gasteiger partial charge in [0, 0.05) is 37.5 Å². The van der Waals surface area contributed by atoms with E-state index in [0.717, 1.165) is 48.7 Å². The fourth-order valence-corrected chi connectivity index (χ4v) is 3.91. The number of carbonyl (C=O) groups excluding carboxylic acids is 1. The van der Waals surface area contributed by atoms with Gasteiger partial charge < -0.3 is 18.9 Å². The summed E-state index contributed by atoms with van der Waals surface area (Å²) in [5.74, 6) is 2.10. The molecule has 0 aliphatic carbocycles. The first-order chi connectivity index (χ1) is 14.0. The van der Waals surface area contributed by atoms with E-state index in [1.165, 1.54) is 6.42 Å². The smallest absolute Gasteiger partial charge is 0.260 e. The van der Waals surface area contributed by atoms with Gasteiger partial charge in [-0.05, 0) is 38.0 Å². The van der Waals surface area contributed by atoms with Crippen LogP contribution in [0.3, 0.4) is 0 Å². The first-order valence-electron chi connectivity index (χ1n) is 9.90. The number of fused-ring (bicyclic) bond motifs is 3. The van der Waals surface area contributed by atoms with Crippen molar-refractivity contribution in [2.75, 3.05) is 26.2 Å². The van der Waals surface area contributed by atoms with Crippen LogP contribution < -0.4 is 14.4 Å². The predicted octanol–water partition coefficient (Wildman–Crippen LogP) is 3.76. The van der Waals surface area contributed by atoms with E-state index in [4.69, 9.17) is 19.4 Å². The number of aromatic nitrogens is 3. The Bertz CT molecular complexity index is 1070. The number of carbonyl (C=O) groups is 1. The monoisotopic (exact) mass is 394 g/mol. The van der Waals surface area contributed by atoms with Crippen molar-refractivity contribution in [3.63, 3.8) is 0 Å². The quantitative estimate of drug-likeness (QED) is 0.674. The zero-order valence-corrected chi connectivity index (χ0v) is 17.4. The van der Waals surface area contributed by atoms with Crippen LogP contribution in [0.15, 0.2) is 24.3 Å². The summed E-state index contributed by atoms with van der Waals surface area (Å²) in [5, 5.41) is 0. The van der Waals surface area contributed by atoms with Crippen molar-refractivity contribution in [2.45, 2.75) is 39.2 Å². The van der Waals surface area contributed by atoms with Crippen molar-refractivity contribution in [3.8, 4) is 11.5 Å². The van der Waals surface area contributed by atoms with Gasteiger partial charge in [-0.15, -0.1) is 0 Å². The number of rotatable bonds is 4. The average molecular weight is 394 g/mol. The molecule has 1 aromatic carbocycles. The Kier molecular flexibility index (Phi) is 5.13. The number of methoxy groups -OCH3 is 2. The van der Waals surface area contributed by atoms with Crippen LogP contribution in [0, 0.1) is 6.92 Å². The number of hydrogen-bond acceptors (Lipinski definition) is 5. The summed E-state index contributed by atoms with van der Waals surface area (Å²) in [4.78, 5) is 24.6. The molecule has 1 amide bonds. The van der Waals surface area contributed by atoms with Crippen LogP contribution in [0.5, 0.6) is 11.5 Å². The molecular formula is C22H26N4O3. The molecule has 0 saturated carbocycles. The van der Waals surface area contributed by atoms with Crippen molar-refractivity contribution in [1.82, 2.24) is 14.5 Å². The molecule has 0 unspecified atom stereocenters. The van der Waals surface area contributed by atoms with Crippen LogP contribution in [0.4, 0.5) is 5.69 Å². The molecule has 0 radical (unpaired) electrons. The number of imidazole rings is 1. The van der Waals surface area contributed by atoms with Crippen LogP contribution in [0.1, 0.15) is 41.1 Å². The van der Waals surface area contributed by atoms with E-state index in [9.17, 15) is 4.79 Å². The highest BCUT2D eigenvalue weighted by Gasteiger charge is 2.23. The Balaban J connectivity index is 1.77. The molecule has 0 atom stereocenters. The molecule has 2 aromatic heterocycles. The molecule has 152 valence electrons. The lowest BCUT2D eigenvalue weighted by Crippen LogP contribution is -2.26. The number of pyridine rings is 1. The third kappa shape index (κ3) is 3.41. The van der Waals surface area contributed by atoms with Crippen LogP contribution in [0.25, 0.3) is 11.2 Å². The van der Waals surface area contributed by atoms with Gasteiger partial charge in [0.2, 0.25) is 0 Å². The molecule has 0 spiro atoms. The van der Waals surface area contributed by atoms with Gasteiger partial charge in [-0.2, -0.15) is 0 Å². The normalized spacial score (nSPS) is 13.7. The Hall–Kier alpha value is -3.09. The molecule has 1 aliphatic heterocycles. The minimum absolute atomic E-state index is 0.124. The zero-order chi connectivity index (χ0) is 20.5. The van der Waals surface area contributed by atoms with Crippen molar-refractivity contribution in [1.29, 1.82) is 0 Å². The molecule has 0 fully saturated rings. The maximum atomic E-state index is 13.4. The van der Waals surface area contributed by atoms with Crippen LogP contribution in [-0.4, -0.2) is 41.7 Å². The van der Waals surface area contributed by atoms with Crippen molar-refractivity contribution in [3.05, 3.63) is 41.3 Å². The lowest BCUT2D eigenvalue weighted by Gasteiger charge is -2.19. The fraction of sp³-hybridized carbons (Fsp3) is 0.409. The molecule has 7 heteroatoms. The van der Waals surface area contributed by atoms with Crippen LogP contribution >= 0.6 is 0 Å². The van der Waals surface area contributed by atoms with Crippen LogP contribution in [0.2, 0.25) is 0 Å². The summed E-state index contributed by atoms with van der Waals surface area (Å²) < 4.78 is 12.9. The topological polar surface area (TPSA) is 69.5 Å². The summed E-state index contributed by atoms with van der Waals surface area (Å²) in [7, 11) is 4.93. The van der Waals surface area contributed by atoms with E-state index >= 15 is 0 Å². The predicted molar refractivity (Wildman–Crippen MR) is 112 cm³/mol. The summed E-state index contributed by atoms with van der Waals surface area (Å²) in [6, 6.07) is 7.26. The molecule has 0 saturated heterocycles. The van der Waals surface area contributed by atoms with Crippen molar-refractivity contribution in [2.24, 2.45) is 0 Å². The van der Waals surface area contributed by atoms with Gasteiger partial charge in [0.25, 0.3) is 5.91 Å². The molecule has 4 rings (SSSR count). The Morgan fingerprint density at radius 3 is 2.62 bits per heavy atom. The van der Waals surface area contributed by atoms with Gasteiger partial charge in [0.1, 0.15) is 11.3 Å². The summed E-state index contributed by atoms with van der Waals surface area (Å²) >= 11 is 0. The minimum atomic E-state index is -0.124. The van der Waals surface area contributed by atoms with E-state index in [-0.39, 0.29) is 5.91 Å². The number of amides is 1. The summed E-state index contributed by atoms with van der Waals surface area (Å²) in [6.07, 6.45) is 4.36. The molecule has 3 heterocycles. The largest absolute Gasteiger partial charge is 0.493 e. The van der Waals surface area contributed by atoms with Gasteiger partial charge in [0.05, 0.1) is 19.8 Å². The van der Waals surface area contributed by atoms with E-state index < -0.39 is 0 Å². The maximum absolute atomic E-state index is 13.4. The second-order valence-electron chi connectivity index (χ2n) is 7.38. The van der Waals surface area contributed by atoms with Gasteiger partial charge in [-0.3, -0.25) is 4.79 Å². The number of aryl methyl sites for hydroxylation is 3.